The largest absolute Gasteiger partial charge is 0.397 e. The minimum Gasteiger partial charge on any atom is -0.397 e. The Balaban J connectivity index is 2.32. The van der Waals surface area contributed by atoms with Crippen LogP contribution >= 0.6 is 23.2 Å². The molecule has 1 atom stereocenters. The van der Waals surface area contributed by atoms with Crippen molar-refractivity contribution < 1.29 is 5.11 Å². The van der Waals surface area contributed by atoms with Gasteiger partial charge in [-0.3, -0.25) is 0 Å². The molecule has 1 unspecified atom stereocenters. The molecule has 0 bridgehead atoms. The van der Waals surface area contributed by atoms with Gasteiger partial charge < -0.3 is 15.7 Å². The van der Waals surface area contributed by atoms with E-state index in [0.717, 1.165) is 18.7 Å². The van der Waals surface area contributed by atoms with Crippen molar-refractivity contribution in [2.24, 2.45) is 0 Å². The van der Waals surface area contributed by atoms with Gasteiger partial charge in [-0.25, -0.2) is 0 Å². The number of aliphatic hydroxyl groups is 1. The maximum atomic E-state index is 9.43. The van der Waals surface area contributed by atoms with Gasteiger partial charge in [-0.1, -0.05) is 23.2 Å². The first-order valence-electron chi connectivity index (χ1n) is 4.75. The summed E-state index contributed by atoms with van der Waals surface area (Å²) in [6, 6.07) is 3.39. The van der Waals surface area contributed by atoms with Gasteiger partial charge >= 0.3 is 0 Å². The third-order valence-corrected chi connectivity index (χ3v) is 3.30. The van der Waals surface area contributed by atoms with Gasteiger partial charge in [-0.15, -0.1) is 0 Å². The van der Waals surface area contributed by atoms with E-state index in [1.807, 2.05) is 4.90 Å². The molecular formula is C10H12Cl2N2O. The molecule has 1 aromatic carbocycles. The average molecular weight is 247 g/mol. The third kappa shape index (κ3) is 2.14. The van der Waals surface area contributed by atoms with Crippen LogP contribution in [0.1, 0.15) is 6.42 Å². The van der Waals surface area contributed by atoms with Crippen LogP contribution in [0, 0.1) is 0 Å². The van der Waals surface area contributed by atoms with Crippen molar-refractivity contribution in [3.05, 3.63) is 22.2 Å². The molecule has 0 radical (unpaired) electrons. The first kappa shape index (κ1) is 10.9. The standard InChI is InChI=1S/C10H12Cl2N2O/c11-7-3-9(13)10(4-8(7)12)14-2-1-6(15)5-14/h3-4,6,15H,1-2,5,13H2. The first-order valence-corrected chi connectivity index (χ1v) is 5.51. The molecule has 0 amide bonds. The summed E-state index contributed by atoms with van der Waals surface area (Å²) in [7, 11) is 0. The van der Waals surface area contributed by atoms with Crippen LogP contribution in [-0.2, 0) is 0 Å². The van der Waals surface area contributed by atoms with E-state index >= 15 is 0 Å². The summed E-state index contributed by atoms with van der Waals surface area (Å²) >= 11 is 11.8. The van der Waals surface area contributed by atoms with Crippen LogP contribution in [0.25, 0.3) is 0 Å². The van der Waals surface area contributed by atoms with E-state index in [9.17, 15) is 5.11 Å². The topological polar surface area (TPSA) is 49.5 Å². The lowest BCUT2D eigenvalue weighted by Crippen LogP contribution is -2.22. The Morgan fingerprint density at radius 3 is 2.60 bits per heavy atom. The highest BCUT2D eigenvalue weighted by atomic mass is 35.5. The van der Waals surface area contributed by atoms with E-state index in [-0.39, 0.29) is 6.10 Å². The Hall–Kier alpha value is -0.640. The number of halogens is 2. The number of rotatable bonds is 1. The van der Waals surface area contributed by atoms with Crippen LogP contribution in [-0.4, -0.2) is 24.3 Å². The molecule has 1 aliphatic rings. The number of benzene rings is 1. The second-order valence-electron chi connectivity index (χ2n) is 3.71. The Bertz CT molecular complexity index is 384. The fraction of sp³-hybridized carbons (Fsp3) is 0.400. The number of nitrogens with zero attached hydrogens (tertiary/aromatic N) is 1. The zero-order valence-electron chi connectivity index (χ0n) is 8.08. The number of anilines is 2. The molecule has 0 aliphatic carbocycles. The Labute approximate surface area is 98.4 Å². The zero-order chi connectivity index (χ0) is 11.0. The van der Waals surface area contributed by atoms with Gasteiger partial charge in [0.25, 0.3) is 0 Å². The van der Waals surface area contributed by atoms with Gasteiger partial charge in [0.15, 0.2) is 0 Å². The Morgan fingerprint density at radius 1 is 1.33 bits per heavy atom. The fourth-order valence-corrected chi connectivity index (χ4v) is 2.12. The van der Waals surface area contributed by atoms with Crippen molar-refractivity contribution in [2.45, 2.75) is 12.5 Å². The lowest BCUT2D eigenvalue weighted by Gasteiger charge is -2.20. The molecular weight excluding hydrogens is 235 g/mol. The smallest absolute Gasteiger partial charge is 0.0731 e. The number of hydrogen-bond acceptors (Lipinski definition) is 3. The molecule has 1 saturated heterocycles. The summed E-state index contributed by atoms with van der Waals surface area (Å²) in [4.78, 5) is 2.02. The van der Waals surface area contributed by atoms with Crippen LogP contribution in [0.4, 0.5) is 11.4 Å². The van der Waals surface area contributed by atoms with Crippen molar-refractivity contribution in [1.82, 2.24) is 0 Å². The summed E-state index contributed by atoms with van der Waals surface area (Å²) in [5.41, 5.74) is 7.29. The van der Waals surface area contributed by atoms with E-state index in [2.05, 4.69) is 0 Å². The fourth-order valence-electron chi connectivity index (χ4n) is 1.79. The van der Waals surface area contributed by atoms with E-state index in [4.69, 9.17) is 28.9 Å². The monoisotopic (exact) mass is 246 g/mol. The molecule has 1 fully saturated rings. The zero-order valence-corrected chi connectivity index (χ0v) is 9.59. The minimum atomic E-state index is -0.279. The second kappa shape index (κ2) is 4.08. The lowest BCUT2D eigenvalue weighted by atomic mass is 10.2. The Kier molecular flexibility index (Phi) is 2.96. The average Bonchev–Trinajstić information content (AvgIpc) is 2.58. The molecule has 5 heteroatoms. The number of aliphatic hydroxyl groups excluding tert-OH is 1. The number of nitrogens with two attached hydrogens (primary N) is 1. The maximum Gasteiger partial charge on any atom is 0.0731 e. The van der Waals surface area contributed by atoms with E-state index < -0.39 is 0 Å². The molecule has 0 spiro atoms. The second-order valence-corrected chi connectivity index (χ2v) is 4.53. The normalized spacial score (nSPS) is 21.0. The molecule has 1 aliphatic heterocycles. The maximum absolute atomic E-state index is 9.43. The summed E-state index contributed by atoms with van der Waals surface area (Å²) in [5, 5.41) is 10.4. The van der Waals surface area contributed by atoms with E-state index in [1.54, 1.807) is 12.1 Å². The van der Waals surface area contributed by atoms with Crippen molar-refractivity contribution in [3.63, 3.8) is 0 Å². The molecule has 3 nitrogen and oxygen atoms in total. The van der Waals surface area contributed by atoms with Crippen molar-refractivity contribution >= 4 is 34.6 Å². The molecule has 0 aromatic heterocycles. The predicted octanol–water partition coefficient (Wildman–Crippen LogP) is 2.15. The van der Waals surface area contributed by atoms with Crippen LogP contribution in [0.15, 0.2) is 12.1 Å². The highest BCUT2D eigenvalue weighted by Crippen LogP contribution is 2.34. The van der Waals surface area contributed by atoms with Gasteiger partial charge in [-0.2, -0.15) is 0 Å². The summed E-state index contributed by atoms with van der Waals surface area (Å²) in [6.07, 6.45) is 0.485. The molecule has 15 heavy (non-hydrogen) atoms. The Morgan fingerprint density at radius 2 is 2.00 bits per heavy atom. The SMILES string of the molecule is Nc1cc(Cl)c(Cl)cc1N1CCC(O)C1. The minimum absolute atomic E-state index is 0.279. The summed E-state index contributed by atoms with van der Waals surface area (Å²) in [6.45, 7) is 1.39. The molecule has 1 aromatic rings. The van der Waals surface area contributed by atoms with Crippen LogP contribution in [0.3, 0.4) is 0 Å². The molecule has 1 heterocycles. The number of hydrogen-bond donors (Lipinski definition) is 2. The van der Waals surface area contributed by atoms with Gasteiger partial charge in [-0.05, 0) is 18.6 Å². The van der Waals surface area contributed by atoms with E-state index in [0.29, 0.717) is 22.3 Å². The van der Waals surface area contributed by atoms with Gasteiger partial charge in [0.05, 0.1) is 27.5 Å². The van der Waals surface area contributed by atoms with E-state index in [1.165, 1.54) is 0 Å². The first-order chi connectivity index (χ1) is 7.08. The van der Waals surface area contributed by atoms with Gasteiger partial charge in [0.1, 0.15) is 0 Å². The molecule has 82 valence electrons. The van der Waals surface area contributed by atoms with Crippen LogP contribution in [0.5, 0.6) is 0 Å². The summed E-state index contributed by atoms with van der Waals surface area (Å²) in [5.74, 6) is 0. The van der Waals surface area contributed by atoms with Crippen LogP contribution < -0.4 is 10.6 Å². The third-order valence-electron chi connectivity index (χ3n) is 2.57. The van der Waals surface area contributed by atoms with Gasteiger partial charge in [0.2, 0.25) is 0 Å². The predicted molar refractivity (Wildman–Crippen MR) is 63.7 cm³/mol. The molecule has 3 N–H and O–H groups in total. The van der Waals surface area contributed by atoms with Crippen molar-refractivity contribution in [3.8, 4) is 0 Å². The highest BCUT2D eigenvalue weighted by molar-refractivity contribution is 6.42. The molecule has 0 saturated carbocycles. The van der Waals surface area contributed by atoms with Crippen molar-refractivity contribution in [1.29, 1.82) is 0 Å². The van der Waals surface area contributed by atoms with Crippen LogP contribution in [0.2, 0.25) is 10.0 Å². The highest BCUT2D eigenvalue weighted by Gasteiger charge is 2.22. The van der Waals surface area contributed by atoms with Gasteiger partial charge in [0, 0.05) is 13.1 Å². The summed E-state index contributed by atoms with van der Waals surface area (Å²) < 4.78 is 0. The quantitative estimate of drug-likeness (QED) is 0.747. The molecule has 2 rings (SSSR count). The number of nitrogen functional groups attached to an aromatic ring is 1. The lowest BCUT2D eigenvalue weighted by molar-refractivity contribution is 0.198. The number of β-amino-alcohol motifs (C(OH)–C–C–N with tert-alkyl or cyclic N) is 1. The van der Waals surface area contributed by atoms with Crippen molar-refractivity contribution in [2.75, 3.05) is 23.7 Å².